The standard InChI is InChI=1S/C15H16N2O/c16-9-11-5-1-2-6-12(11)13-10-17-14(18)15(13)7-3-4-8-15/h1-2,5-6,13H,3-4,7-8,10H2,(H,17,18). The molecule has 1 aromatic rings. The van der Waals surface area contributed by atoms with Crippen LogP contribution in [0.1, 0.15) is 42.7 Å². The summed E-state index contributed by atoms with van der Waals surface area (Å²) in [4.78, 5) is 12.2. The van der Waals surface area contributed by atoms with E-state index < -0.39 is 0 Å². The van der Waals surface area contributed by atoms with Crippen molar-refractivity contribution in [1.82, 2.24) is 5.32 Å². The van der Waals surface area contributed by atoms with Gasteiger partial charge in [-0.1, -0.05) is 31.0 Å². The smallest absolute Gasteiger partial charge is 0.226 e. The van der Waals surface area contributed by atoms with Crippen molar-refractivity contribution in [2.24, 2.45) is 5.41 Å². The van der Waals surface area contributed by atoms with Crippen LogP contribution in [0.15, 0.2) is 24.3 Å². The quantitative estimate of drug-likeness (QED) is 0.819. The minimum Gasteiger partial charge on any atom is -0.355 e. The van der Waals surface area contributed by atoms with E-state index >= 15 is 0 Å². The van der Waals surface area contributed by atoms with Gasteiger partial charge in [-0.25, -0.2) is 0 Å². The molecule has 2 aliphatic rings. The number of nitrogens with zero attached hydrogens (tertiary/aromatic N) is 1. The van der Waals surface area contributed by atoms with Gasteiger partial charge in [0.15, 0.2) is 0 Å². The fourth-order valence-electron chi connectivity index (χ4n) is 3.62. The highest BCUT2D eigenvalue weighted by molar-refractivity contribution is 5.87. The molecule has 1 heterocycles. The lowest BCUT2D eigenvalue weighted by Crippen LogP contribution is -2.31. The van der Waals surface area contributed by atoms with Crippen molar-refractivity contribution in [2.45, 2.75) is 31.6 Å². The molecule has 1 aliphatic carbocycles. The second kappa shape index (κ2) is 4.13. The lowest BCUT2D eigenvalue weighted by atomic mass is 9.72. The van der Waals surface area contributed by atoms with Crippen molar-refractivity contribution in [2.75, 3.05) is 6.54 Å². The molecule has 92 valence electrons. The molecule has 1 atom stereocenters. The molecule has 1 unspecified atom stereocenters. The van der Waals surface area contributed by atoms with Gasteiger partial charge in [0.25, 0.3) is 0 Å². The molecule has 18 heavy (non-hydrogen) atoms. The first-order valence-electron chi connectivity index (χ1n) is 6.55. The Morgan fingerprint density at radius 2 is 2.00 bits per heavy atom. The molecule has 1 aliphatic heterocycles. The van der Waals surface area contributed by atoms with Crippen LogP contribution in [-0.2, 0) is 4.79 Å². The van der Waals surface area contributed by atoms with Gasteiger partial charge in [-0.15, -0.1) is 0 Å². The maximum absolute atomic E-state index is 12.2. The van der Waals surface area contributed by atoms with Crippen molar-refractivity contribution >= 4 is 5.91 Å². The Morgan fingerprint density at radius 3 is 2.72 bits per heavy atom. The van der Waals surface area contributed by atoms with E-state index in [2.05, 4.69) is 11.4 Å². The third-order valence-corrected chi connectivity index (χ3v) is 4.54. The first-order valence-corrected chi connectivity index (χ1v) is 6.55. The number of hydrogen-bond acceptors (Lipinski definition) is 2. The summed E-state index contributed by atoms with van der Waals surface area (Å²) in [5.41, 5.74) is 1.51. The topological polar surface area (TPSA) is 52.9 Å². The van der Waals surface area contributed by atoms with Gasteiger partial charge >= 0.3 is 0 Å². The van der Waals surface area contributed by atoms with Crippen LogP contribution in [0.5, 0.6) is 0 Å². The highest BCUT2D eigenvalue weighted by atomic mass is 16.2. The number of nitrogens with one attached hydrogen (secondary N) is 1. The van der Waals surface area contributed by atoms with Crippen molar-refractivity contribution in [1.29, 1.82) is 5.26 Å². The second-order valence-corrected chi connectivity index (χ2v) is 5.32. The van der Waals surface area contributed by atoms with Crippen LogP contribution >= 0.6 is 0 Å². The van der Waals surface area contributed by atoms with Gasteiger partial charge in [0.1, 0.15) is 0 Å². The third-order valence-electron chi connectivity index (χ3n) is 4.54. The molecular weight excluding hydrogens is 224 g/mol. The molecule has 3 heteroatoms. The Hall–Kier alpha value is -1.82. The van der Waals surface area contributed by atoms with Crippen LogP contribution in [-0.4, -0.2) is 12.5 Å². The molecule has 1 aromatic carbocycles. The summed E-state index contributed by atoms with van der Waals surface area (Å²) >= 11 is 0. The molecule has 1 saturated heterocycles. The van der Waals surface area contributed by atoms with Crippen LogP contribution in [0.2, 0.25) is 0 Å². The van der Waals surface area contributed by atoms with Crippen LogP contribution < -0.4 is 5.32 Å². The zero-order valence-electron chi connectivity index (χ0n) is 10.3. The molecule has 0 radical (unpaired) electrons. The van der Waals surface area contributed by atoms with E-state index in [9.17, 15) is 10.1 Å². The second-order valence-electron chi connectivity index (χ2n) is 5.32. The van der Waals surface area contributed by atoms with E-state index in [0.29, 0.717) is 12.1 Å². The third kappa shape index (κ3) is 1.45. The maximum Gasteiger partial charge on any atom is 0.226 e. The highest BCUT2D eigenvalue weighted by Gasteiger charge is 2.52. The number of benzene rings is 1. The highest BCUT2D eigenvalue weighted by Crippen LogP contribution is 2.52. The van der Waals surface area contributed by atoms with E-state index in [1.165, 1.54) is 0 Å². The number of carbonyl (C=O) groups excluding carboxylic acids is 1. The van der Waals surface area contributed by atoms with Gasteiger partial charge in [-0.05, 0) is 24.5 Å². The summed E-state index contributed by atoms with van der Waals surface area (Å²) in [6.07, 6.45) is 4.17. The molecule has 1 N–H and O–H groups in total. The van der Waals surface area contributed by atoms with E-state index in [1.807, 2.05) is 24.3 Å². The monoisotopic (exact) mass is 240 g/mol. The Labute approximate surface area is 107 Å². The SMILES string of the molecule is N#Cc1ccccc1C1CNC(=O)C12CCCC2. The minimum atomic E-state index is -0.243. The van der Waals surface area contributed by atoms with E-state index in [1.54, 1.807) is 0 Å². The van der Waals surface area contributed by atoms with Crippen LogP contribution in [0.25, 0.3) is 0 Å². The minimum absolute atomic E-state index is 0.170. The van der Waals surface area contributed by atoms with Gasteiger partial charge in [-0.2, -0.15) is 5.26 Å². The number of hydrogen-bond donors (Lipinski definition) is 1. The summed E-state index contributed by atoms with van der Waals surface area (Å²) in [5.74, 6) is 0.362. The molecule has 0 bridgehead atoms. The van der Waals surface area contributed by atoms with Crippen molar-refractivity contribution in [3.63, 3.8) is 0 Å². The van der Waals surface area contributed by atoms with E-state index in [4.69, 9.17) is 0 Å². The zero-order valence-corrected chi connectivity index (χ0v) is 10.3. The molecule has 1 saturated carbocycles. The van der Waals surface area contributed by atoms with Gasteiger partial charge < -0.3 is 5.32 Å². The summed E-state index contributed by atoms with van der Waals surface area (Å²) in [7, 11) is 0. The molecule has 3 nitrogen and oxygen atoms in total. The van der Waals surface area contributed by atoms with E-state index in [0.717, 1.165) is 31.2 Å². The first-order chi connectivity index (χ1) is 8.78. The molecule has 1 spiro atoms. The predicted molar refractivity (Wildman–Crippen MR) is 67.8 cm³/mol. The summed E-state index contributed by atoms with van der Waals surface area (Å²) in [6, 6.07) is 9.95. The maximum atomic E-state index is 12.2. The van der Waals surface area contributed by atoms with Crippen molar-refractivity contribution in [3.8, 4) is 6.07 Å². The van der Waals surface area contributed by atoms with Gasteiger partial charge in [-0.3, -0.25) is 4.79 Å². The number of carbonyl (C=O) groups is 1. The average Bonchev–Trinajstić information content (AvgIpc) is 3.01. The fourth-order valence-corrected chi connectivity index (χ4v) is 3.62. The van der Waals surface area contributed by atoms with Gasteiger partial charge in [0, 0.05) is 12.5 Å². The largest absolute Gasteiger partial charge is 0.355 e. The predicted octanol–water partition coefficient (Wildman–Crippen LogP) is 2.33. The molecule has 0 aromatic heterocycles. The average molecular weight is 240 g/mol. The summed E-state index contributed by atoms with van der Waals surface area (Å²) < 4.78 is 0. The Kier molecular flexibility index (Phi) is 2.59. The molecule has 1 amide bonds. The zero-order chi connectivity index (χ0) is 12.6. The Bertz CT molecular complexity index is 524. The lowest BCUT2D eigenvalue weighted by Gasteiger charge is -2.28. The molecule has 2 fully saturated rings. The first kappa shape index (κ1) is 11.3. The number of nitriles is 1. The fraction of sp³-hybridized carbons (Fsp3) is 0.467. The van der Waals surface area contributed by atoms with Crippen molar-refractivity contribution < 1.29 is 4.79 Å². The summed E-state index contributed by atoms with van der Waals surface area (Å²) in [5, 5.41) is 12.2. The number of amides is 1. The number of rotatable bonds is 1. The molecular formula is C15H16N2O. The lowest BCUT2D eigenvalue weighted by molar-refractivity contribution is -0.127. The molecule has 3 rings (SSSR count). The van der Waals surface area contributed by atoms with Crippen molar-refractivity contribution in [3.05, 3.63) is 35.4 Å². The van der Waals surface area contributed by atoms with Crippen LogP contribution in [0.4, 0.5) is 0 Å². The van der Waals surface area contributed by atoms with Crippen LogP contribution in [0, 0.1) is 16.7 Å². The normalized spacial score (nSPS) is 25.1. The Morgan fingerprint density at radius 1 is 1.28 bits per heavy atom. The van der Waals surface area contributed by atoms with Crippen LogP contribution in [0.3, 0.4) is 0 Å². The van der Waals surface area contributed by atoms with Gasteiger partial charge in [0.05, 0.1) is 17.0 Å². The van der Waals surface area contributed by atoms with Gasteiger partial charge in [0.2, 0.25) is 5.91 Å². The van der Waals surface area contributed by atoms with E-state index in [-0.39, 0.29) is 17.2 Å². The Balaban J connectivity index is 2.06. The summed E-state index contributed by atoms with van der Waals surface area (Å²) in [6.45, 7) is 0.678.